The van der Waals surface area contributed by atoms with Gasteiger partial charge in [0.2, 0.25) is 0 Å². The van der Waals surface area contributed by atoms with E-state index in [4.69, 9.17) is 12.2 Å². The van der Waals surface area contributed by atoms with E-state index in [1.54, 1.807) is 0 Å². The minimum atomic E-state index is 0.430. The molecule has 1 N–H and O–H groups in total. The summed E-state index contributed by atoms with van der Waals surface area (Å²) in [6.45, 7) is 6.56. The summed E-state index contributed by atoms with van der Waals surface area (Å²) in [5.41, 5.74) is 0. The van der Waals surface area contributed by atoms with Gasteiger partial charge in [0.15, 0.2) is 4.77 Å². The molecule has 1 aromatic heterocycles. The quantitative estimate of drug-likeness (QED) is 0.796. The summed E-state index contributed by atoms with van der Waals surface area (Å²) in [6.07, 6.45) is 4.03. The second kappa shape index (κ2) is 4.08. The van der Waals surface area contributed by atoms with Crippen molar-refractivity contribution in [3.05, 3.63) is 10.6 Å². The van der Waals surface area contributed by atoms with Gasteiger partial charge in [-0.1, -0.05) is 26.7 Å². The van der Waals surface area contributed by atoms with Crippen LogP contribution in [0.15, 0.2) is 0 Å². The number of nitrogens with zero attached hydrogens (tertiary/aromatic N) is 2. The zero-order chi connectivity index (χ0) is 11.0. The molecule has 1 saturated carbocycles. The predicted molar refractivity (Wildman–Crippen MR) is 63.6 cm³/mol. The lowest BCUT2D eigenvalue weighted by atomic mass is 10.1. The number of aromatic amines is 1. The molecule has 2 rings (SSSR count). The molecule has 0 aliphatic heterocycles. The number of aromatic nitrogens is 3. The molecule has 4 heteroatoms. The van der Waals surface area contributed by atoms with Crippen LogP contribution in [0.2, 0.25) is 0 Å². The van der Waals surface area contributed by atoms with Gasteiger partial charge in [0.25, 0.3) is 0 Å². The van der Waals surface area contributed by atoms with Gasteiger partial charge in [-0.2, -0.15) is 5.10 Å². The topological polar surface area (TPSA) is 33.6 Å². The van der Waals surface area contributed by atoms with E-state index in [0.29, 0.717) is 12.0 Å². The SMILES string of the molecule is CC(C)c1n[nH]c(=S)n1C(C)CC1CC1. The van der Waals surface area contributed by atoms with Crippen LogP contribution < -0.4 is 0 Å². The number of nitrogens with one attached hydrogen (secondary N) is 1. The molecule has 0 spiro atoms. The van der Waals surface area contributed by atoms with Crippen LogP contribution in [-0.4, -0.2) is 14.8 Å². The van der Waals surface area contributed by atoms with E-state index in [0.717, 1.165) is 16.5 Å². The average Bonchev–Trinajstić information content (AvgIpc) is 2.86. The highest BCUT2D eigenvalue weighted by atomic mass is 32.1. The van der Waals surface area contributed by atoms with Crippen molar-refractivity contribution in [3.8, 4) is 0 Å². The average molecular weight is 225 g/mol. The van der Waals surface area contributed by atoms with Crippen LogP contribution in [0, 0.1) is 10.7 Å². The minimum absolute atomic E-state index is 0.430. The molecular formula is C11H19N3S. The summed E-state index contributed by atoms with van der Waals surface area (Å²) in [5, 5.41) is 7.22. The summed E-state index contributed by atoms with van der Waals surface area (Å²) in [6, 6.07) is 0.487. The molecule has 0 saturated heterocycles. The first-order valence-corrected chi connectivity index (χ1v) is 6.17. The van der Waals surface area contributed by atoms with Crippen molar-refractivity contribution in [1.29, 1.82) is 0 Å². The van der Waals surface area contributed by atoms with Crippen LogP contribution in [0.5, 0.6) is 0 Å². The summed E-state index contributed by atoms with van der Waals surface area (Å²) in [5.74, 6) is 2.45. The highest BCUT2D eigenvalue weighted by molar-refractivity contribution is 7.71. The van der Waals surface area contributed by atoms with Crippen molar-refractivity contribution in [2.75, 3.05) is 0 Å². The summed E-state index contributed by atoms with van der Waals surface area (Å²) < 4.78 is 2.96. The van der Waals surface area contributed by atoms with Gasteiger partial charge < -0.3 is 4.57 Å². The minimum Gasteiger partial charge on any atom is -0.301 e. The maximum atomic E-state index is 5.29. The van der Waals surface area contributed by atoms with Crippen molar-refractivity contribution >= 4 is 12.2 Å². The highest BCUT2D eigenvalue weighted by Crippen LogP contribution is 2.37. The summed E-state index contributed by atoms with van der Waals surface area (Å²) >= 11 is 5.29. The van der Waals surface area contributed by atoms with E-state index in [9.17, 15) is 0 Å². The normalized spacial score (nSPS) is 18.4. The van der Waals surface area contributed by atoms with Gasteiger partial charge in [0.05, 0.1) is 0 Å². The molecule has 0 aromatic carbocycles. The first-order chi connectivity index (χ1) is 7.09. The third kappa shape index (κ3) is 2.30. The maximum absolute atomic E-state index is 5.29. The Hall–Kier alpha value is -0.640. The van der Waals surface area contributed by atoms with Crippen LogP contribution >= 0.6 is 12.2 Å². The molecule has 1 aliphatic rings. The lowest BCUT2D eigenvalue weighted by Gasteiger charge is -2.16. The Morgan fingerprint density at radius 3 is 2.67 bits per heavy atom. The van der Waals surface area contributed by atoms with Gasteiger partial charge in [0.1, 0.15) is 5.82 Å². The molecular weight excluding hydrogens is 206 g/mol. The Morgan fingerprint density at radius 2 is 2.13 bits per heavy atom. The molecule has 0 bridgehead atoms. The fourth-order valence-corrected chi connectivity index (χ4v) is 2.41. The zero-order valence-corrected chi connectivity index (χ0v) is 10.5. The molecule has 1 aromatic rings. The standard InChI is InChI=1S/C11H19N3S/c1-7(2)10-12-13-11(15)14(10)8(3)6-9-4-5-9/h7-9H,4-6H2,1-3H3,(H,13,15). The van der Waals surface area contributed by atoms with E-state index < -0.39 is 0 Å². The molecule has 84 valence electrons. The Morgan fingerprint density at radius 1 is 1.47 bits per heavy atom. The van der Waals surface area contributed by atoms with Gasteiger partial charge in [-0.05, 0) is 31.5 Å². The second-order valence-corrected chi connectivity index (χ2v) is 5.33. The van der Waals surface area contributed by atoms with Crippen LogP contribution in [0.25, 0.3) is 0 Å². The maximum Gasteiger partial charge on any atom is 0.195 e. The lowest BCUT2D eigenvalue weighted by molar-refractivity contribution is 0.450. The molecule has 0 radical (unpaired) electrons. The van der Waals surface area contributed by atoms with Gasteiger partial charge in [-0.3, -0.25) is 5.10 Å². The fourth-order valence-electron chi connectivity index (χ4n) is 2.09. The number of H-pyrrole nitrogens is 1. The molecule has 1 aliphatic carbocycles. The van der Waals surface area contributed by atoms with Gasteiger partial charge >= 0.3 is 0 Å². The molecule has 3 nitrogen and oxygen atoms in total. The first kappa shape index (κ1) is 10.9. The van der Waals surface area contributed by atoms with Crippen molar-refractivity contribution in [3.63, 3.8) is 0 Å². The number of rotatable bonds is 4. The van der Waals surface area contributed by atoms with E-state index in [1.165, 1.54) is 19.3 Å². The van der Waals surface area contributed by atoms with Gasteiger partial charge in [0, 0.05) is 12.0 Å². The third-order valence-electron chi connectivity index (χ3n) is 3.06. The second-order valence-electron chi connectivity index (χ2n) is 4.94. The Bertz CT molecular complexity index is 387. The van der Waals surface area contributed by atoms with Gasteiger partial charge in [-0.25, -0.2) is 0 Å². The zero-order valence-electron chi connectivity index (χ0n) is 9.66. The van der Waals surface area contributed by atoms with Crippen molar-refractivity contribution in [1.82, 2.24) is 14.8 Å². The monoisotopic (exact) mass is 225 g/mol. The highest BCUT2D eigenvalue weighted by Gasteiger charge is 2.26. The number of hydrogen-bond acceptors (Lipinski definition) is 2. The third-order valence-corrected chi connectivity index (χ3v) is 3.35. The van der Waals surface area contributed by atoms with E-state index >= 15 is 0 Å². The molecule has 1 heterocycles. The summed E-state index contributed by atoms with van der Waals surface area (Å²) in [4.78, 5) is 0. The van der Waals surface area contributed by atoms with E-state index in [2.05, 4.69) is 35.5 Å². The fraction of sp³-hybridized carbons (Fsp3) is 0.818. The van der Waals surface area contributed by atoms with Crippen LogP contribution in [0.3, 0.4) is 0 Å². The first-order valence-electron chi connectivity index (χ1n) is 5.76. The molecule has 0 amide bonds. The van der Waals surface area contributed by atoms with Crippen molar-refractivity contribution < 1.29 is 0 Å². The molecule has 1 atom stereocenters. The van der Waals surface area contributed by atoms with Crippen molar-refractivity contribution in [2.45, 2.75) is 52.0 Å². The van der Waals surface area contributed by atoms with Gasteiger partial charge in [-0.15, -0.1) is 0 Å². The molecule has 1 unspecified atom stereocenters. The van der Waals surface area contributed by atoms with E-state index in [-0.39, 0.29) is 0 Å². The Labute approximate surface area is 95.9 Å². The van der Waals surface area contributed by atoms with Crippen LogP contribution in [0.4, 0.5) is 0 Å². The Kier molecular flexibility index (Phi) is 2.96. The number of hydrogen-bond donors (Lipinski definition) is 1. The lowest BCUT2D eigenvalue weighted by Crippen LogP contribution is -2.11. The largest absolute Gasteiger partial charge is 0.301 e. The summed E-state index contributed by atoms with van der Waals surface area (Å²) in [7, 11) is 0. The predicted octanol–water partition coefficient (Wildman–Crippen LogP) is 3.43. The van der Waals surface area contributed by atoms with Crippen molar-refractivity contribution in [2.24, 2.45) is 5.92 Å². The smallest absolute Gasteiger partial charge is 0.195 e. The van der Waals surface area contributed by atoms with Crippen LogP contribution in [-0.2, 0) is 0 Å². The molecule has 1 fully saturated rings. The molecule has 15 heavy (non-hydrogen) atoms. The van der Waals surface area contributed by atoms with Crippen LogP contribution in [0.1, 0.15) is 57.8 Å². The Balaban J connectivity index is 2.23. The van der Waals surface area contributed by atoms with E-state index in [1.807, 2.05) is 0 Å².